The van der Waals surface area contributed by atoms with E-state index in [-0.39, 0.29) is 11.9 Å². The van der Waals surface area contributed by atoms with E-state index in [2.05, 4.69) is 15.3 Å². The number of nitrogens with one attached hydrogen (secondary N) is 1. The molecule has 0 bridgehead atoms. The lowest BCUT2D eigenvalue weighted by molar-refractivity contribution is 0.0641. The molecule has 3 rings (SSSR count). The van der Waals surface area contributed by atoms with Crippen LogP contribution in [0.25, 0.3) is 0 Å². The average Bonchev–Trinajstić information content (AvgIpc) is 2.95. The molecule has 1 saturated heterocycles. The molecule has 0 spiro atoms. The number of ether oxygens (including phenoxy) is 1. The third-order valence-corrected chi connectivity index (χ3v) is 4.55. The van der Waals surface area contributed by atoms with Gasteiger partial charge in [-0.1, -0.05) is 12.1 Å². The van der Waals surface area contributed by atoms with Gasteiger partial charge < -0.3 is 15.0 Å². The highest BCUT2D eigenvalue weighted by molar-refractivity contribution is 5.97. The van der Waals surface area contributed by atoms with E-state index >= 15 is 0 Å². The van der Waals surface area contributed by atoms with Gasteiger partial charge in [-0.2, -0.15) is 0 Å². The first-order valence-corrected chi connectivity index (χ1v) is 8.68. The highest BCUT2D eigenvalue weighted by Crippen LogP contribution is 2.24. The fraction of sp³-hybridized carbons (Fsp3) is 0.421. The van der Waals surface area contributed by atoms with Gasteiger partial charge in [0.05, 0.1) is 12.7 Å². The minimum absolute atomic E-state index is 0.00629. The molecule has 0 unspecified atom stereocenters. The average molecular weight is 340 g/mol. The van der Waals surface area contributed by atoms with Crippen molar-refractivity contribution in [1.82, 2.24) is 20.2 Å². The van der Waals surface area contributed by atoms with Gasteiger partial charge in [-0.15, -0.1) is 0 Å². The van der Waals surface area contributed by atoms with Crippen LogP contribution in [0.3, 0.4) is 0 Å². The van der Waals surface area contributed by atoms with E-state index < -0.39 is 0 Å². The zero-order valence-electron chi connectivity index (χ0n) is 14.5. The summed E-state index contributed by atoms with van der Waals surface area (Å²) < 4.78 is 5.39. The van der Waals surface area contributed by atoms with E-state index in [0.717, 1.165) is 37.9 Å². The quantitative estimate of drug-likeness (QED) is 0.904. The standard InChI is InChI=1S/C19H24N4O2/c1-25-18-7-3-2-6-17(18)19(24)23(13-15-11-21-14-22-12-15)16-5-4-9-20-10-8-16/h2-3,6-7,11-12,14,16,20H,4-5,8-10,13H2,1H3/t16-/m0/s1. The molecule has 1 atom stereocenters. The van der Waals surface area contributed by atoms with Crippen LogP contribution in [0.2, 0.25) is 0 Å². The van der Waals surface area contributed by atoms with Gasteiger partial charge in [-0.25, -0.2) is 9.97 Å². The van der Waals surface area contributed by atoms with Crippen molar-refractivity contribution in [2.45, 2.75) is 31.8 Å². The van der Waals surface area contributed by atoms with Gasteiger partial charge in [0.25, 0.3) is 5.91 Å². The van der Waals surface area contributed by atoms with E-state index in [4.69, 9.17) is 4.74 Å². The molecule has 0 saturated carbocycles. The maximum atomic E-state index is 13.3. The van der Waals surface area contributed by atoms with Crippen LogP contribution in [0.15, 0.2) is 43.0 Å². The summed E-state index contributed by atoms with van der Waals surface area (Å²) in [6.45, 7) is 2.43. The first kappa shape index (κ1) is 17.4. The molecule has 25 heavy (non-hydrogen) atoms. The number of benzene rings is 1. The van der Waals surface area contributed by atoms with Crippen LogP contribution in [0, 0.1) is 0 Å². The van der Waals surface area contributed by atoms with Gasteiger partial charge in [0.15, 0.2) is 0 Å². The van der Waals surface area contributed by atoms with Gasteiger partial charge in [0.1, 0.15) is 12.1 Å². The predicted molar refractivity (Wildman–Crippen MR) is 95.4 cm³/mol. The molecular formula is C19H24N4O2. The Morgan fingerprint density at radius 2 is 2.04 bits per heavy atom. The lowest BCUT2D eigenvalue weighted by Crippen LogP contribution is -2.40. The van der Waals surface area contributed by atoms with Crippen molar-refractivity contribution in [3.63, 3.8) is 0 Å². The Bertz CT molecular complexity index is 685. The molecule has 2 heterocycles. The Hall–Kier alpha value is -2.47. The monoisotopic (exact) mass is 340 g/mol. The number of methoxy groups -OCH3 is 1. The van der Waals surface area contributed by atoms with Crippen LogP contribution < -0.4 is 10.1 Å². The maximum absolute atomic E-state index is 13.3. The smallest absolute Gasteiger partial charge is 0.258 e. The number of carbonyl (C=O) groups is 1. The van der Waals surface area contributed by atoms with Gasteiger partial charge in [0.2, 0.25) is 0 Å². The number of hydrogen-bond acceptors (Lipinski definition) is 5. The van der Waals surface area contributed by atoms with Crippen LogP contribution in [-0.2, 0) is 6.54 Å². The Morgan fingerprint density at radius 1 is 1.24 bits per heavy atom. The highest BCUT2D eigenvalue weighted by Gasteiger charge is 2.27. The zero-order valence-corrected chi connectivity index (χ0v) is 14.5. The van der Waals surface area contributed by atoms with Crippen LogP contribution >= 0.6 is 0 Å². The summed E-state index contributed by atoms with van der Waals surface area (Å²) in [6.07, 6.45) is 8.03. The van der Waals surface area contributed by atoms with Crippen molar-refractivity contribution in [3.8, 4) is 5.75 Å². The van der Waals surface area contributed by atoms with Gasteiger partial charge in [0, 0.05) is 30.5 Å². The summed E-state index contributed by atoms with van der Waals surface area (Å²) in [6, 6.07) is 7.58. The molecule has 1 aliphatic heterocycles. The third-order valence-electron chi connectivity index (χ3n) is 4.55. The van der Waals surface area contributed by atoms with E-state index in [9.17, 15) is 4.79 Å². The van der Waals surface area contributed by atoms with Crippen molar-refractivity contribution >= 4 is 5.91 Å². The normalized spacial score (nSPS) is 17.6. The largest absolute Gasteiger partial charge is 0.496 e. The minimum atomic E-state index is -0.00629. The highest BCUT2D eigenvalue weighted by atomic mass is 16.5. The van der Waals surface area contributed by atoms with Gasteiger partial charge in [-0.05, 0) is 44.5 Å². The van der Waals surface area contributed by atoms with Crippen molar-refractivity contribution < 1.29 is 9.53 Å². The SMILES string of the molecule is COc1ccccc1C(=O)N(Cc1cncnc1)[C@H]1CCCNCC1. The van der Waals surface area contributed by atoms with E-state index in [1.807, 2.05) is 29.2 Å². The molecule has 1 N–H and O–H groups in total. The minimum Gasteiger partial charge on any atom is -0.496 e. The molecule has 1 aromatic heterocycles. The van der Waals surface area contributed by atoms with Gasteiger partial charge in [-0.3, -0.25) is 4.79 Å². The number of rotatable bonds is 5. The van der Waals surface area contributed by atoms with Crippen LogP contribution in [0.5, 0.6) is 5.75 Å². The molecule has 132 valence electrons. The second-order valence-corrected chi connectivity index (χ2v) is 6.21. The molecule has 0 aliphatic carbocycles. The topological polar surface area (TPSA) is 67.3 Å². The van der Waals surface area contributed by atoms with E-state index in [0.29, 0.717) is 17.9 Å². The second kappa shape index (κ2) is 8.58. The molecule has 2 aromatic rings. The second-order valence-electron chi connectivity index (χ2n) is 6.21. The number of nitrogens with zero attached hydrogens (tertiary/aromatic N) is 3. The first-order chi connectivity index (χ1) is 12.3. The van der Waals surface area contributed by atoms with Crippen molar-refractivity contribution in [2.75, 3.05) is 20.2 Å². The lowest BCUT2D eigenvalue weighted by Gasteiger charge is -2.31. The Morgan fingerprint density at radius 3 is 2.84 bits per heavy atom. The van der Waals surface area contributed by atoms with Crippen molar-refractivity contribution in [2.24, 2.45) is 0 Å². The Balaban J connectivity index is 1.90. The molecule has 1 fully saturated rings. The number of carbonyl (C=O) groups excluding carboxylic acids is 1. The van der Waals surface area contributed by atoms with Crippen LogP contribution in [0.1, 0.15) is 35.2 Å². The lowest BCUT2D eigenvalue weighted by atomic mass is 10.0. The number of para-hydroxylation sites is 1. The molecule has 6 heteroatoms. The fourth-order valence-corrected chi connectivity index (χ4v) is 3.26. The molecule has 1 amide bonds. The summed E-state index contributed by atoms with van der Waals surface area (Å²) >= 11 is 0. The first-order valence-electron chi connectivity index (χ1n) is 8.68. The number of amides is 1. The summed E-state index contributed by atoms with van der Waals surface area (Å²) in [5, 5.41) is 3.41. The molecule has 6 nitrogen and oxygen atoms in total. The Kier molecular flexibility index (Phi) is 5.95. The molecule has 1 aliphatic rings. The molecular weight excluding hydrogens is 316 g/mol. The number of hydrogen-bond donors (Lipinski definition) is 1. The zero-order chi connectivity index (χ0) is 17.5. The summed E-state index contributed by atoms with van der Waals surface area (Å²) in [4.78, 5) is 23.4. The number of aromatic nitrogens is 2. The van der Waals surface area contributed by atoms with E-state index in [1.54, 1.807) is 19.5 Å². The van der Waals surface area contributed by atoms with Crippen molar-refractivity contribution in [1.29, 1.82) is 0 Å². The van der Waals surface area contributed by atoms with Crippen molar-refractivity contribution in [3.05, 3.63) is 54.1 Å². The Labute approximate surface area is 148 Å². The third kappa shape index (κ3) is 4.33. The summed E-state index contributed by atoms with van der Waals surface area (Å²) in [5.41, 5.74) is 1.53. The molecule has 0 radical (unpaired) electrons. The van der Waals surface area contributed by atoms with Gasteiger partial charge >= 0.3 is 0 Å². The summed E-state index contributed by atoms with van der Waals surface area (Å²) in [5.74, 6) is 0.599. The fourth-order valence-electron chi connectivity index (χ4n) is 3.26. The molecule has 1 aromatic carbocycles. The van der Waals surface area contributed by atoms with Crippen LogP contribution in [0.4, 0.5) is 0 Å². The van der Waals surface area contributed by atoms with E-state index in [1.165, 1.54) is 6.33 Å². The van der Waals surface area contributed by atoms with Crippen LogP contribution in [-0.4, -0.2) is 47.0 Å². The maximum Gasteiger partial charge on any atom is 0.258 e. The predicted octanol–water partition coefficient (Wildman–Crippen LogP) is 2.27. The summed E-state index contributed by atoms with van der Waals surface area (Å²) in [7, 11) is 1.59.